The maximum Gasteiger partial charge on any atom is 0.270 e. The molecule has 1 N–H and O–H groups in total. The molecule has 0 aliphatic rings. The summed E-state index contributed by atoms with van der Waals surface area (Å²) in [6, 6.07) is 3.00. The Labute approximate surface area is 113 Å². The lowest BCUT2D eigenvalue weighted by molar-refractivity contribution is -0.384. The fourth-order valence-electron chi connectivity index (χ4n) is 1.70. The van der Waals surface area contributed by atoms with E-state index in [-0.39, 0.29) is 11.6 Å². The van der Waals surface area contributed by atoms with Crippen molar-refractivity contribution in [2.45, 2.75) is 41.0 Å². The first-order valence-corrected chi connectivity index (χ1v) is 6.26. The van der Waals surface area contributed by atoms with Crippen molar-refractivity contribution >= 4 is 17.3 Å². The van der Waals surface area contributed by atoms with Gasteiger partial charge < -0.3 is 5.32 Å². The van der Waals surface area contributed by atoms with E-state index in [0.717, 1.165) is 5.56 Å². The molecule has 1 aromatic carbocycles. The summed E-state index contributed by atoms with van der Waals surface area (Å²) in [6.45, 7) is 9.16. The summed E-state index contributed by atoms with van der Waals surface area (Å²) in [5.74, 6) is -0.0980. The molecule has 0 saturated heterocycles. The Bertz CT molecular complexity index is 516. The van der Waals surface area contributed by atoms with Crippen LogP contribution in [0.2, 0.25) is 0 Å². The molecule has 1 aromatic rings. The zero-order chi connectivity index (χ0) is 14.8. The molecule has 0 spiro atoms. The summed E-state index contributed by atoms with van der Waals surface area (Å²) in [4.78, 5) is 22.4. The number of nitro benzene ring substituents is 1. The highest BCUT2D eigenvalue weighted by atomic mass is 16.6. The minimum Gasteiger partial charge on any atom is -0.325 e. The molecule has 0 heterocycles. The zero-order valence-electron chi connectivity index (χ0n) is 12.0. The fraction of sp³-hybridized carbons (Fsp3) is 0.500. The summed E-state index contributed by atoms with van der Waals surface area (Å²) < 4.78 is 0. The van der Waals surface area contributed by atoms with Crippen LogP contribution >= 0.6 is 0 Å². The lowest BCUT2D eigenvalue weighted by Gasteiger charge is -2.20. The number of benzene rings is 1. The molecule has 0 unspecified atom stereocenters. The van der Waals surface area contributed by atoms with E-state index in [0.29, 0.717) is 17.7 Å². The van der Waals surface area contributed by atoms with Crippen molar-refractivity contribution in [2.75, 3.05) is 5.32 Å². The number of hydrogen-bond acceptors (Lipinski definition) is 3. The molecular formula is C14H20N2O3. The molecule has 0 atom stereocenters. The molecule has 5 heteroatoms. The third kappa shape index (κ3) is 3.53. The number of rotatable bonds is 3. The quantitative estimate of drug-likeness (QED) is 0.671. The molecule has 104 valence electrons. The monoisotopic (exact) mass is 264 g/mol. The lowest BCUT2D eigenvalue weighted by atomic mass is 9.94. The van der Waals surface area contributed by atoms with Crippen LogP contribution in [0.4, 0.5) is 11.4 Å². The van der Waals surface area contributed by atoms with Gasteiger partial charge in [0.25, 0.3) is 5.69 Å². The standard InChI is InChI=1S/C14H20N2O3/c1-6-10-8-11(16(18)19)7-9(2)12(10)15-13(17)14(3,4)5/h7-8H,6H2,1-5H3,(H,15,17). The Morgan fingerprint density at radius 1 is 1.37 bits per heavy atom. The Morgan fingerprint density at radius 3 is 2.37 bits per heavy atom. The van der Waals surface area contributed by atoms with Gasteiger partial charge in [0.15, 0.2) is 0 Å². The molecule has 0 radical (unpaired) electrons. The first-order valence-electron chi connectivity index (χ1n) is 6.26. The lowest BCUT2D eigenvalue weighted by Crippen LogP contribution is -2.28. The molecule has 0 aliphatic heterocycles. The van der Waals surface area contributed by atoms with Gasteiger partial charge in [-0.2, -0.15) is 0 Å². The highest BCUT2D eigenvalue weighted by Gasteiger charge is 2.23. The van der Waals surface area contributed by atoms with Crippen molar-refractivity contribution < 1.29 is 9.72 Å². The molecule has 5 nitrogen and oxygen atoms in total. The van der Waals surface area contributed by atoms with Crippen molar-refractivity contribution in [3.05, 3.63) is 33.4 Å². The number of non-ortho nitro benzene ring substituents is 1. The molecule has 0 aliphatic carbocycles. The summed E-state index contributed by atoms with van der Waals surface area (Å²) in [5.41, 5.74) is 1.74. The SMILES string of the molecule is CCc1cc([N+](=O)[O-])cc(C)c1NC(=O)C(C)(C)C. The largest absolute Gasteiger partial charge is 0.325 e. The van der Waals surface area contributed by atoms with Crippen molar-refractivity contribution in [3.8, 4) is 0 Å². The van der Waals surface area contributed by atoms with E-state index < -0.39 is 10.3 Å². The Balaban J connectivity index is 3.21. The molecule has 0 bridgehead atoms. The van der Waals surface area contributed by atoms with E-state index in [1.165, 1.54) is 12.1 Å². The maximum absolute atomic E-state index is 12.0. The van der Waals surface area contributed by atoms with Gasteiger partial charge in [-0.15, -0.1) is 0 Å². The van der Waals surface area contributed by atoms with Gasteiger partial charge in [0.1, 0.15) is 0 Å². The van der Waals surface area contributed by atoms with Crippen LogP contribution in [-0.2, 0) is 11.2 Å². The van der Waals surface area contributed by atoms with Gasteiger partial charge in [-0.05, 0) is 24.5 Å². The van der Waals surface area contributed by atoms with Crippen LogP contribution < -0.4 is 5.32 Å². The number of nitro groups is 1. The highest BCUT2D eigenvalue weighted by Crippen LogP contribution is 2.28. The molecule has 1 rings (SSSR count). The number of carbonyl (C=O) groups excluding carboxylic acids is 1. The molecule has 1 amide bonds. The van der Waals surface area contributed by atoms with Crippen LogP contribution in [0.1, 0.15) is 38.8 Å². The Kier molecular flexibility index (Phi) is 4.29. The second-order valence-electron chi connectivity index (χ2n) is 5.61. The minimum atomic E-state index is -0.501. The summed E-state index contributed by atoms with van der Waals surface area (Å²) >= 11 is 0. The first-order chi connectivity index (χ1) is 8.66. The third-order valence-corrected chi connectivity index (χ3v) is 2.91. The average molecular weight is 264 g/mol. The topological polar surface area (TPSA) is 72.2 Å². The maximum atomic E-state index is 12.0. The number of carbonyl (C=O) groups is 1. The van der Waals surface area contributed by atoms with Gasteiger partial charge in [-0.1, -0.05) is 27.7 Å². The van der Waals surface area contributed by atoms with Gasteiger partial charge in [0.05, 0.1) is 4.92 Å². The summed E-state index contributed by atoms with van der Waals surface area (Å²) in [5, 5.41) is 13.7. The Morgan fingerprint density at radius 2 is 1.95 bits per heavy atom. The van der Waals surface area contributed by atoms with Crippen LogP contribution in [0.15, 0.2) is 12.1 Å². The normalized spacial score (nSPS) is 11.2. The van der Waals surface area contributed by atoms with Gasteiger partial charge >= 0.3 is 0 Å². The van der Waals surface area contributed by atoms with Crippen molar-refractivity contribution in [2.24, 2.45) is 5.41 Å². The smallest absolute Gasteiger partial charge is 0.270 e. The van der Waals surface area contributed by atoms with Crippen molar-refractivity contribution in [3.63, 3.8) is 0 Å². The van der Waals surface area contributed by atoms with E-state index in [1.807, 2.05) is 27.7 Å². The fourth-order valence-corrected chi connectivity index (χ4v) is 1.70. The predicted octanol–water partition coefficient (Wildman–Crippen LogP) is 3.45. The van der Waals surface area contributed by atoms with Gasteiger partial charge in [-0.25, -0.2) is 0 Å². The number of hydrogen-bond donors (Lipinski definition) is 1. The van der Waals surface area contributed by atoms with Gasteiger partial charge in [0.2, 0.25) is 5.91 Å². The van der Waals surface area contributed by atoms with Crippen LogP contribution in [-0.4, -0.2) is 10.8 Å². The third-order valence-electron chi connectivity index (χ3n) is 2.91. The number of nitrogens with zero attached hydrogens (tertiary/aromatic N) is 1. The van der Waals surface area contributed by atoms with Gasteiger partial charge in [0, 0.05) is 23.2 Å². The molecule has 0 saturated carbocycles. The molecule has 19 heavy (non-hydrogen) atoms. The van der Waals surface area contributed by atoms with E-state index >= 15 is 0 Å². The zero-order valence-corrected chi connectivity index (χ0v) is 12.0. The average Bonchev–Trinajstić information content (AvgIpc) is 2.29. The van der Waals surface area contributed by atoms with Crippen LogP contribution in [0, 0.1) is 22.5 Å². The summed E-state index contributed by atoms with van der Waals surface area (Å²) in [7, 11) is 0. The number of aryl methyl sites for hydroxylation is 2. The highest BCUT2D eigenvalue weighted by molar-refractivity contribution is 5.96. The molecular weight excluding hydrogens is 244 g/mol. The van der Waals surface area contributed by atoms with Crippen LogP contribution in [0.25, 0.3) is 0 Å². The number of amides is 1. The van der Waals surface area contributed by atoms with E-state index in [9.17, 15) is 14.9 Å². The van der Waals surface area contributed by atoms with Crippen molar-refractivity contribution in [1.29, 1.82) is 0 Å². The van der Waals surface area contributed by atoms with Gasteiger partial charge in [-0.3, -0.25) is 14.9 Å². The Hall–Kier alpha value is -1.91. The second-order valence-corrected chi connectivity index (χ2v) is 5.61. The minimum absolute atomic E-state index is 0.0584. The number of nitrogens with one attached hydrogen (secondary N) is 1. The molecule has 0 aromatic heterocycles. The second kappa shape index (κ2) is 5.38. The summed E-state index contributed by atoms with van der Waals surface area (Å²) in [6.07, 6.45) is 0.627. The van der Waals surface area contributed by atoms with E-state index in [2.05, 4.69) is 5.32 Å². The predicted molar refractivity (Wildman–Crippen MR) is 75.3 cm³/mol. The van der Waals surface area contributed by atoms with E-state index in [1.54, 1.807) is 6.92 Å². The van der Waals surface area contributed by atoms with E-state index in [4.69, 9.17) is 0 Å². The first kappa shape index (κ1) is 15.1. The van der Waals surface area contributed by atoms with Crippen LogP contribution in [0.3, 0.4) is 0 Å². The number of anilines is 1. The van der Waals surface area contributed by atoms with Crippen molar-refractivity contribution in [1.82, 2.24) is 0 Å². The molecule has 0 fully saturated rings. The van der Waals surface area contributed by atoms with Crippen LogP contribution in [0.5, 0.6) is 0 Å².